The third-order valence-electron chi connectivity index (χ3n) is 7.91. The predicted octanol–water partition coefficient (Wildman–Crippen LogP) is 6.16. The zero-order chi connectivity index (χ0) is 24.6. The van der Waals surface area contributed by atoms with Gasteiger partial charge < -0.3 is 19.2 Å². The average molecular weight is 483 g/mol. The molecular formula is C31H34N2O3. The molecule has 0 saturated heterocycles. The Bertz CT molecular complexity index is 1370. The fourth-order valence-electron chi connectivity index (χ4n) is 5.93. The van der Waals surface area contributed by atoms with Gasteiger partial charge in [-0.05, 0) is 58.9 Å². The van der Waals surface area contributed by atoms with Crippen LogP contribution in [0, 0.1) is 0 Å². The van der Waals surface area contributed by atoms with E-state index in [1.54, 1.807) is 14.2 Å². The van der Waals surface area contributed by atoms with Gasteiger partial charge >= 0.3 is 0 Å². The fraction of sp³-hybridized carbons (Fsp3) is 0.355. The molecule has 1 aromatic heterocycles. The minimum Gasteiger partial charge on any atom is -0.493 e. The zero-order valence-corrected chi connectivity index (χ0v) is 21.3. The monoisotopic (exact) mass is 482 g/mol. The highest BCUT2D eigenvalue weighted by Gasteiger charge is 2.34. The molecule has 2 aliphatic rings. The molecule has 186 valence electrons. The Hall–Kier alpha value is -3.28. The number of rotatable bonds is 7. The van der Waals surface area contributed by atoms with Gasteiger partial charge in [0.1, 0.15) is 6.61 Å². The number of methoxy groups -OCH3 is 2. The molecule has 4 aromatic rings. The highest BCUT2D eigenvalue weighted by atomic mass is 16.5. The van der Waals surface area contributed by atoms with Crippen LogP contribution in [0.3, 0.4) is 0 Å². The van der Waals surface area contributed by atoms with Gasteiger partial charge in [0.15, 0.2) is 11.5 Å². The lowest BCUT2D eigenvalue weighted by molar-refractivity contribution is 0.158. The molecule has 0 saturated carbocycles. The van der Waals surface area contributed by atoms with E-state index in [4.69, 9.17) is 14.2 Å². The lowest BCUT2D eigenvalue weighted by atomic mass is 9.85. The lowest BCUT2D eigenvalue weighted by Gasteiger charge is -2.40. The maximum absolute atomic E-state index is 6.30. The quantitative estimate of drug-likeness (QED) is 0.343. The highest BCUT2D eigenvalue weighted by molar-refractivity contribution is 5.85. The Morgan fingerprint density at radius 2 is 1.86 bits per heavy atom. The molecule has 36 heavy (non-hydrogen) atoms. The van der Waals surface area contributed by atoms with Gasteiger partial charge in [0, 0.05) is 48.8 Å². The van der Waals surface area contributed by atoms with Crippen LogP contribution in [0.1, 0.15) is 52.4 Å². The van der Waals surface area contributed by atoms with E-state index >= 15 is 0 Å². The summed E-state index contributed by atoms with van der Waals surface area (Å²) < 4.78 is 17.4. The van der Waals surface area contributed by atoms with Gasteiger partial charge in [-0.3, -0.25) is 4.90 Å². The first-order chi connectivity index (χ1) is 17.6. The summed E-state index contributed by atoms with van der Waals surface area (Å²) in [6.45, 7) is 5.44. The summed E-state index contributed by atoms with van der Waals surface area (Å²) in [5.41, 5.74) is 9.24. The van der Waals surface area contributed by atoms with Crippen molar-refractivity contribution in [2.75, 3.05) is 27.4 Å². The molecular weight excluding hydrogens is 448 g/mol. The van der Waals surface area contributed by atoms with Crippen molar-refractivity contribution in [3.63, 3.8) is 0 Å². The van der Waals surface area contributed by atoms with E-state index in [1.807, 2.05) is 0 Å². The summed E-state index contributed by atoms with van der Waals surface area (Å²) in [6.07, 6.45) is 2.04. The Labute approximate surface area is 213 Å². The van der Waals surface area contributed by atoms with Crippen molar-refractivity contribution in [1.29, 1.82) is 0 Å². The number of ether oxygens (including phenoxy) is 3. The molecule has 0 fully saturated rings. The number of aromatic nitrogens is 1. The number of benzene rings is 3. The average Bonchev–Trinajstić information content (AvgIpc) is 3.28. The van der Waals surface area contributed by atoms with Gasteiger partial charge in [0.2, 0.25) is 0 Å². The summed E-state index contributed by atoms with van der Waals surface area (Å²) in [5.74, 6) is 2.01. The van der Waals surface area contributed by atoms with E-state index in [-0.39, 0.29) is 0 Å². The van der Waals surface area contributed by atoms with E-state index in [1.165, 1.54) is 38.9 Å². The van der Waals surface area contributed by atoms with Crippen LogP contribution in [0.5, 0.6) is 11.5 Å². The van der Waals surface area contributed by atoms with Crippen LogP contribution < -0.4 is 9.47 Å². The molecule has 5 heteroatoms. The molecule has 6 rings (SSSR count). The fourth-order valence-corrected chi connectivity index (χ4v) is 5.93. The third-order valence-corrected chi connectivity index (χ3v) is 7.91. The number of hydrogen-bond donors (Lipinski definition) is 1. The molecule has 2 unspecified atom stereocenters. The summed E-state index contributed by atoms with van der Waals surface area (Å²) in [4.78, 5) is 6.26. The van der Waals surface area contributed by atoms with Crippen molar-refractivity contribution < 1.29 is 14.2 Å². The molecule has 0 aliphatic carbocycles. The number of nitrogens with zero attached hydrogens (tertiary/aromatic N) is 1. The van der Waals surface area contributed by atoms with E-state index in [2.05, 4.69) is 77.5 Å². The Balaban J connectivity index is 1.23. The topological polar surface area (TPSA) is 46.7 Å². The van der Waals surface area contributed by atoms with Crippen LogP contribution in [0.4, 0.5) is 0 Å². The van der Waals surface area contributed by atoms with Crippen LogP contribution in [0.2, 0.25) is 0 Å². The second kappa shape index (κ2) is 9.64. The van der Waals surface area contributed by atoms with Gasteiger partial charge in [0.05, 0.1) is 13.7 Å². The molecule has 3 heterocycles. The number of H-pyrrole nitrogens is 1. The lowest BCUT2D eigenvalue weighted by Crippen LogP contribution is -2.39. The molecule has 3 aromatic carbocycles. The molecule has 2 atom stereocenters. The van der Waals surface area contributed by atoms with E-state index in [0.717, 1.165) is 49.6 Å². The molecule has 2 aliphatic heterocycles. The zero-order valence-electron chi connectivity index (χ0n) is 21.3. The summed E-state index contributed by atoms with van der Waals surface area (Å²) in [7, 11) is 3.48. The van der Waals surface area contributed by atoms with Crippen LogP contribution in [-0.2, 0) is 30.7 Å². The maximum atomic E-state index is 6.30. The van der Waals surface area contributed by atoms with Gasteiger partial charge in [0.25, 0.3) is 0 Å². The van der Waals surface area contributed by atoms with Crippen molar-refractivity contribution >= 4 is 10.9 Å². The Kier molecular flexibility index (Phi) is 6.20. The summed E-state index contributed by atoms with van der Waals surface area (Å²) >= 11 is 0. The van der Waals surface area contributed by atoms with Crippen LogP contribution in [0.25, 0.3) is 10.9 Å². The molecule has 5 nitrogen and oxygen atoms in total. The smallest absolute Gasteiger partial charge is 0.161 e. The first-order valence-electron chi connectivity index (χ1n) is 12.9. The predicted molar refractivity (Wildman–Crippen MR) is 143 cm³/mol. The molecule has 1 N–H and O–H groups in total. The highest BCUT2D eigenvalue weighted by Crippen LogP contribution is 2.44. The van der Waals surface area contributed by atoms with Gasteiger partial charge in [-0.2, -0.15) is 0 Å². The second-order valence-electron chi connectivity index (χ2n) is 10.2. The SMILES string of the molecule is COCC(C)c1ccc(COc2cc3c(cc2OC)C2Cc4c([nH]c5ccccc45)CN2CC3)cc1. The van der Waals surface area contributed by atoms with Gasteiger partial charge in [-0.1, -0.05) is 49.4 Å². The molecule has 0 amide bonds. The summed E-state index contributed by atoms with van der Waals surface area (Å²) in [5, 5.41) is 1.36. The largest absolute Gasteiger partial charge is 0.493 e. The molecule has 0 radical (unpaired) electrons. The molecule has 0 bridgehead atoms. The molecule has 0 spiro atoms. The number of nitrogens with one attached hydrogen (secondary N) is 1. The van der Waals surface area contributed by atoms with Crippen LogP contribution in [0.15, 0.2) is 60.7 Å². The first kappa shape index (κ1) is 23.1. The van der Waals surface area contributed by atoms with Crippen molar-refractivity contribution in [2.45, 2.75) is 44.9 Å². The number of aromatic amines is 1. The first-order valence-corrected chi connectivity index (χ1v) is 12.9. The van der Waals surface area contributed by atoms with Crippen molar-refractivity contribution in [2.24, 2.45) is 0 Å². The minimum absolute atomic E-state index is 0.366. The Morgan fingerprint density at radius 1 is 1.03 bits per heavy atom. The standard InChI is InChI=1S/C31H34N2O3/c1-20(18-34-2)22-10-8-21(9-11-22)19-36-31-14-23-12-13-33-17-28-26(24-6-4-5-7-27(24)32-28)15-29(33)25(23)16-30(31)35-3/h4-11,14,16,20,29,32H,12-13,15,17-19H2,1-3H3. The number of fused-ring (bicyclic) bond motifs is 6. The van der Waals surface area contributed by atoms with E-state index in [0.29, 0.717) is 18.6 Å². The number of hydrogen-bond acceptors (Lipinski definition) is 4. The van der Waals surface area contributed by atoms with Crippen molar-refractivity contribution in [3.05, 3.63) is 94.2 Å². The second-order valence-corrected chi connectivity index (χ2v) is 10.2. The Morgan fingerprint density at radius 3 is 2.67 bits per heavy atom. The normalized spacial score (nSPS) is 17.8. The van der Waals surface area contributed by atoms with Crippen LogP contribution >= 0.6 is 0 Å². The van der Waals surface area contributed by atoms with Crippen molar-refractivity contribution in [1.82, 2.24) is 9.88 Å². The third kappa shape index (κ3) is 4.16. The van der Waals surface area contributed by atoms with Crippen LogP contribution in [-0.4, -0.2) is 37.3 Å². The summed E-state index contributed by atoms with van der Waals surface area (Å²) in [6, 6.07) is 22.1. The van der Waals surface area contributed by atoms with Gasteiger partial charge in [-0.25, -0.2) is 0 Å². The minimum atomic E-state index is 0.366. The van der Waals surface area contributed by atoms with Gasteiger partial charge in [-0.15, -0.1) is 0 Å². The van der Waals surface area contributed by atoms with E-state index < -0.39 is 0 Å². The van der Waals surface area contributed by atoms with E-state index in [9.17, 15) is 0 Å². The number of para-hydroxylation sites is 1. The maximum Gasteiger partial charge on any atom is 0.161 e. The van der Waals surface area contributed by atoms with Crippen molar-refractivity contribution in [3.8, 4) is 11.5 Å².